The summed E-state index contributed by atoms with van der Waals surface area (Å²) in [6.07, 6.45) is 2.11. The van der Waals surface area contributed by atoms with Gasteiger partial charge in [-0.1, -0.05) is 27.2 Å². The number of carboxylic acid groups (broad SMARTS) is 1. The average Bonchev–Trinajstić information content (AvgIpc) is 2.25. The molecule has 0 atom stereocenters. The van der Waals surface area contributed by atoms with Gasteiger partial charge in [0.15, 0.2) is 0 Å². The molecule has 106 valence electrons. The van der Waals surface area contributed by atoms with E-state index in [1.165, 1.54) is 0 Å². The summed E-state index contributed by atoms with van der Waals surface area (Å²) in [4.78, 5) is 24.1. The van der Waals surface area contributed by atoms with E-state index in [2.05, 4.69) is 26.1 Å². The first-order valence-corrected chi connectivity index (χ1v) is 6.66. The lowest BCUT2D eigenvalue weighted by atomic mass is 10.2. The molecule has 18 heavy (non-hydrogen) atoms. The molecule has 0 heterocycles. The maximum atomic E-state index is 11.7. The normalized spacial score (nSPS) is 10.9. The topological polar surface area (TPSA) is 69.6 Å². The second-order valence-corrected chi connectivity index (χ2v) is 4.98. The van der Waals surface area contributed by atoms with Gasteiger partial charge in [0.2, 0.25) is 5.91 Å². The van der Waals surface area contributed by atoms with Crippen molar-refractivity contribution in [1.82, 2.24) is 10.2 Å². The van der Waals surface area contributed by atoms with E-state index < -0.39 is 5.97 Å². The number of unbranched alkanes of at least 4 members (excludes halogenated alkanes) is 1. The Bertz CT molecular complexity index is 255. The molecular weight excluding hydrogens is 232 g/mol. The van der Waals surface area contributed by atoms with Crippen molar-refractivity contribution >= 4 is 11.9 Å². The monoisotopic (exact) mass is 258 g/mol. The number of carboxylic acids is 1. The van der Waals surface area contributed by atoms with E-state index >= 15 is 0 Å². The molecule has 0 unspecified atom stereocenters. The van der Waals surface area contributed by atoms with Crippen LogP contribution >= 0.6 is 0 Å². The highest BCUT2D eigenvalue weighted by atomic mass is 16.4. The molecule has 0 aliphatic heterocycles. The van der Waals surface area contributed by atoms with Crippen molar-refractivity contribution in [2.24, 2.45) is 5.92 Å². The number of nitrogens with one attached hydrogen (secondary N) is 1. The predicted octanol–water partition coefficient (Wildman–Crippen LogP) is 1.34. The van der Waals surface area contributed by atoms with Crippen molar-refractivity contribution in [1.29, 1.82) is 0 Å². The van der Waals surface area contributed by atoms with E-state index in [9.17, 15) is 9.59 Å². The van der Waals surface area contributed by atoms with Crippen molar-refractivity contribution in [2.75, 3.05) is 26.2 Å². The van der Waals surface area contributed by atoms with Crippen molar-refractivity contribution < 1.29 is 14.7 Å². The Morgan fingerprint density at radius 2 is 2.00 bits per heavy atom. The van der Waals surface area contributed by atoms with Crippen LogP contribution in [0, 0.1) is 5.92 Å². The Morgan fingerprint density at radius 3 is 2.50 bits per heavy atom. The van der Waals surface area contributed by atoms with Crippen LogP contribution in [-0.4, -0.2) is 48.1 Å². The molecule has 0 bridgehead atoms. The third-order valence-electron chi connectivity index (χ3n) is 2.48. The Kier molecular flexibility index (Phi) is 9.28. The van der Waals surface area contributed by atoms with E-state index in [1.54, 1.807) is 0 Å². The molecule has 5 heteroatoms. The predicted molar refractivity (Wildman–Crippen MR) is 71.4 cm³/mol. The van der Waals surface area contributed by atoms with Gasteiger partial charge in [0.05, 0.1) is 13.0 Å². The van der Waals surface area contributed by atoms with Crippen LogP contribution in [0.4, 0.5) is 0 Å². The fourth-order valence-electron chi connectivity index (χ4n) is 1.67. The Hall–Kier alpha value is -1.10. The molecule has 0 fully saturated rings. The zero-order chi connectivity index (χ0) is 14.0. The second-order valence-electron chi connectivity index (χ2n) is 4.98. The number of carbonyl (C=O) groups is 2. The van der Waals surface area contributed by atoms with Gasteiger partial charge in [-0.05, 0) is 12.3 Å². The number of aliphatic carboxylic acids is 1. The smallest absolute Gasteiger partial charge is 0.304 e. The largest absolute Gasteiger partial charge is 0.481 e. The van der Waals surface area contributed by atoms with Gasteiger partial charge in [-0.25, -0.2) is 0 Å². The number of hydrogen-bond donors (Lipinski definition) is 2. The van der Waals surface area contributed by atoms with E-state index in [0.29, 0.717) is 19.0 Å². The first-order chi connectivity index (χ1) is 8.45. The minimum absolute atomic E-state index is 0.0190. The zero-order valence-corrected chi connectivity index (χ0v) is 11.7. The van der Waals surface area contributed by atoms with Crippen molar-refractivity contribution in [3.63, 3.8) is 0 Å². The fraction of sp³-hybridized carbons (Fsp3) is 0.846. The molecule has 0 saturated carbocycles. The zero-order valence-electron chi connectivity index (χ0n) is 11.7. The molecule has 5 nitrogen and oxygen atoms in total. The third kappa shape index (κ3) is 10.1. The number of rotatable bonds is 10. The molecule has 0 aromatic rings. The maximum absolute atomic E-state index is 11.7. The second kappa shape index (κ2) is 9.88. The standard InChI is InChI=1S/C13H26N2O3/c1-4-5-7-14-12(16)10-15(9-11(2)3)8-6-13(17)18/h11H,4-10H2,1-3H3,(H,14,16)(H,17,18). The number of amides is 1. The van der Waals surface area contributed by atoms with Gasteiger partial charge >= 0.3 is 5.97 Å². The van der Waals surface area contributed by atoms with Crippen LogP contribution in [0.25, 0.3) is 0 Å². The molecule has 0 radical (unpaired) electrons. The van der Waals surface area contributed by atoms with Crippen LogP contribution in [0.3, 0.4) is 0 Å². The van der Waals surface area contributed by atoms with Crippen LogP contribution in [0.2, 0.25) is 0 Å². The van der Waals surface area contributed by atoms with Crippen molar-refractivity contribution in [2.45, 2.75) is 40.0 Å². The Labute approximate surface area is 110 Å². The minimum Gasteiger partial charge on any atom is -0.481 e. The molecule has 0 saturated heterocycles. The lowest BCUT2D eigenvalue weighted by Crippen LogP contribution is -2.40. The lowest BCUT2D eigenvalue weighted by molar-refractivity contribution is -0.137. The van der Waals surface area contributed by atoms with Gasteiger partial charge in [-0.2, -0.15) is 0 Å². The van der Waals surface area contributed by atoms with E-state index in [4.69, 9.17) is 5.11 Å². The van der Waals surface area contributed by atoms with Gasteiger partial charge in [-0.3, -0.25) is 14.5 Å². The summed E-state index contributed by atoms with van der Waals surface area (Å²) in [6, 6.07) is 0. The van der Waals surface area contributed by atoms with Crippen LogP contribution in [0.1, 0.15) is 40.0 Å². The number of carbonyl (C=O) groups excluding carboxylic acids is 1. The van der Waals surface area contributed by atoms with E-state index in [1.807, 2.05) is 4.90 Å². The van der Waals surface area contributed by atoms with Gasteiger partial charge in [0, 0.05) is 19.6 Å². The highest BCUT2D eigenvalue weighted by Crippen LogP contribution is 2.00. The summed E-state index contributed by atoms with van der Waals surface area (Å²) in [5.41, 5.74) is 0. The first-order valence-electron chi connectivity index (χ1n) is 6.66. The van der Waals surface area contributed by atoms with Gasteiger partial charge < -0.3 is 10.4 Å². The molecule has 0 spiro atoms. The van der Waals surface area contributed by atoms with Gasteiger partial charge in [0.1, 0.15) is 0 Å². The van der Waals surface area contributed by atoms with Crippen molar-refractivity contribution in [3.05, 3.63) is 0 Å². The quantitative estimate of drug-likeness (QED) is 0.580. The molecular formula is C13H26N2O3. The van der Waals surface area contributed by atoms with Crippen LogP contribution < -0.4 is 5.32 Å². The molecule has 0 aromatic carbocycles. The first kappa shape index (κ1) is 16.9. The summed E-state index contributed by atoms with van der Waals surface area (Å²) in [5.74, 6) is -0.424. The van der Waals surface area contributed by atoms with Crippen LogP contribution in [-0.2, 0) is 9.59 Å². The fourth-order valence-corrected chi connectivity index (χ4v) is 1.67. The highest BCUT2D eigenvalue weighted by Gasteiger charge is 2.13. The summed E-state index contributed by atoms with van der Waals surface area (Å²) < 4.78 is 0. The molecule has 0 aliphatic rings. The molecule has 2 N–H and O–H groups in total. The summed E-state index contributed by atoms with van der Waals surface area (Å²) >= 11 is 0. The van der Waals surface area contributed by atoms with Crippen molar-refractivity contribution in [3.8, 4) is 0 Å². The molecule has 0 aromatic heterocycles. The van der Waals surface area contributed by atoms with Crippen LogP contribution in [0.5, 0.6) is 0 Å². The van der Waals surface area contributed by atoms with E-state index in [0.717, 1.165) is 19.4 Å². The third-order valence-corrected chi connectivity index (χ3v) is 2.48. The average molecular weight is 258 g/mol. The SMILES string of the molecule is CCCCNC(=O)CN(CCC(=O)O)CC(C)C. The Morgan fingerprint density at radius 1 is 1.33 bits per heavy atom. The molecule has 0 rings (SSSR count). The summed E-state index contributed by atoms with van der Waals surface area (Å²) in [5, 5.41) is 11.5. The number of hydrogen-bond acceptors (Lipinski definition) is 3. The highest BCUT2D eigenvalue weighted by molar-refractivity contribution is 5.78. The number of nitrogens with zero attached hydrogens (tertiary/aromatic N) is 1. The minimum atomic E-state index is -0.824. The molecule has 0 aliphatic carbocycles. The summed E-state index contributed by atoms with van der Waals surface area (Å²) in [6.45, 7) is 8.34. The van der Waals surface area contributed by atoms with Crippen LogP contribution in [0.15, 0.2) is 0 Å². The Balaban J connectivity index is 4.04. The maximum Gasteiger partial charge on any atom is 0.304 e. The summed E-state index contributed by atoms with van der Waals surface area (Å²) in [7, 11) is 0. The van der Waals surface area contributed by atoms with Gasteiger partial charge in [0.25, 0.3) is 0 Å². The van der Waals surface area contributed by atoms with E-state index in [-0.39, 0.29) is 18.9 Å². The molecule has 1 amide bonds. The van der Waals surface area contributed by atoms with Gasteiger partial charge in [-0.15, -0.1) is 0 Å². The lowest BCUT2D eigenvalue weighted by Gasteiger charge is -2.22.